The average molecular weight is 386 g/mol. The zero-order valence-corrected chi connectivity index (χ0v) is 15.8. The Bertz CT molecular complexity index is 710. The first-order valence-corrected chi connectivity index (χ1v) is 10.7. The monoisotopic (exact) mass is 385 g/mol. The molecule has 0 unspecified atom stereocenters. The Morgan fingerprint density at radius 3 is 2.32 bits per heavy atom. The van der Waals surface area contributed by atoms with E-state index in [0.29, 0.717) is 25.9 Å². The number of carbonyl (C=O) groups is 1. The van der Waals surface area contributed by atoms with Crippen molar-refractivity contribution in [2.24, 2.45) is 5.92 Å². The Labute approximate surface area is 154 Å². The van der Waals surface area contributed by atoms with Crippen LogP contribution in [-0.4, -0.2) is 54.7 Å². The molecule has 1 amide bonds. The van der Waals surface area contributed by atoms with Gasteiger partial charge in [-0.3, -0.25) is 4.79 Å². The molecule has 8 heteroatoms. The minimum atomic E-state index is -3.66. The van der Waals surface area contributed by atoms with Crippen LogP contribution in [0, 0.1) is 5.92 Å². The molecule has 2 saturated heterocycles. The molecule has 3 rings (SSSR count). The van der Waals surface area contributed by atoms with Gasteiger partial charge >= 0.3 is 0 Å². The van der Waals surface area contributed by atoms with E-state index in [0.717, 1.165) is 25.9 Å². The summed E-state index contributed by atoms with van der Waals surface area (Å²) in [6, 6.07) is 3.04. The van der Waals surface area contributed by atoms with Crippen molar-refractivity contribution < 1.29 is 13.2 Å². The Balaban J connectivity index is 1.63. The fourth-order valence-corrected chi connectivity index (χ4v) is 5.49. The standard InChI is InChI=1S/C17H24ClN3O3S/c18-16-15(6-5-9-19-16)25(23,24)21-12-7-14(8-13-21)17(22)20-10-3-1-2-4-11-20/h5-6,9,14H,1-4,7-8,10-13H2. The predicted octanol–water partition coefficient (Wildman–Crippen LogP) is 2.54. The van der Waals surface area contributed by atoms with Crippen LogP contribution < -0.4 is 0 Å². The average Bonchev–Trinajstić information content (AvgIpc) is 2.91. The summed E-state index contributed by atoms with van der Waals surface area (Å²) in [6.45, 7) is 2.36. The highest BCUT2D eigenvalue weighted by atomic mass is 35.5. The van der Waals surface area contributed by atoms with Crippen LogP contribution in [0.3, 0.4) is 0 Å². The van der Waals surface area contributed by atoms with Crippen LogP contribution in [0.1, 0.15) is 38.5 Å². The quantitative estimate of drug-likeness (QED) is 0.749. The zero-order valence-electron chi connectivity index (χ0n) is 14.2. The molecular formula is C17H24ClN3O3S. The zero-order chi connectivity index (χ0) is 17.9. The number of hydrogen-bond donors (Lipinski definition) is 0. The number of rotatable bonds is 3. The highest BCUT2D eigenvalue weighted by molar-refractivity contribution is 7.89. The van der Waals surface area contributed by atoms with E-state index in [-0.39, 0.29) is 21.9 Å². The fraction of sp³-hybridized carbons (Fsp3) is 0.647. The molecule has 0 bridgehead atoms. The normalized spacial score (nSPS) is 21.1. The van der Waals surface area contributed by atoms with Crippen LogP contribution in [0.15, 0.2) is 23.2 Å². The van der Waals surface area contributed by atoms with Gasteiger partial charge in [0, 0.05) is 38.3 Å². The molecule has 2 fully saturated rings. The third kappa shape index (κ3) is 4.15. The van der Waals surface area contributed by atoms with Gasteiger partial charge in [0.1, 0.15) is 10.0 Å². The maximum atomic E-state index is 12.7. The van der Waals surface area contributed by atoms with Crippen molar-refractivity contribution in [1.29, 1.82) is 0 Å². The lowest BCUT2D eigenvalue weighted by molar-refractivity contribution is -0.136. The first kappa shape index (κ1) is 18.6. The van der Waals surface area contributed by atoms with E-state index in [1.54, 1.807) is 6.07 Å². The van der Waals surface area contributed by atoms with Crippen molar-refractivity contribution in [3.63, 3.8) is 0 Å². The number of hydrogen-bond acceptors (Lipinski definition) is 4. The molecule has 0 aliphatic carbocycles. The van der Waals surface area contributed by atoms with Gasteiger partial charge < -0.3 is 4.90 Å². The van der Waals surface area contributed by atoms with Crippen LogP contribution >= 0.6 is 11.6 Å². The molecule has 0 N–H and O–H groups in total. The smallest absolute Gasteiger partial charge is 0.246 e. The van der Waals surface area contributed by atoms with Crippen molar-refractivity contribution in [1.82, 2.24) is 14.2 Å². The van der Waals surface area contributed by atoms with E-state index in [2.05, 4.69) is 4.98 Å². The molecule has 0 aromatic carbocycles. The molecule has 25 heavy (non-hydrogen) atoms. The SMILES string of the molecule is O=C(C1CCN(S(=O)(=O)c2cccnc2Cl)CC1)N1CCCCCC1. The van der Waals surface area contributed by atoms with Gasteiger partial charge in [-0.2, -0.15) is 4.31 Å². The molecular weight excluding hydrogens is 362 g/mol. The predicted molar refractivity (Wildman–Crippen MR) is 95.8 cm³/mol. The third-order valence-electron chi connectivity index (χ3n) is 5.06. The summed E-state index contributed by atoms with van der Waals surface area (Å²) in [5.74, 6) is 0.118. The topological polar surface area (TPSA) is 70.6 Å². The highest BCUT2D eigenvalue weighted by Crippen LogP contribution is 2.28. The van der Waals surface area contributed by atoms with Gasteiger partial charge in [-0.25, -0.2) is 13.4 Å². The molecule has 1 aromatic heterocycles. The number of likely N-dealkylation sites (tertiary alicyclic amines) is 1. The van der Waals surface area contributed by atoms with E-state index in [9.17, 15) is 13.2 Å². The number of carbonyl (C=O) groups excluding carboxylic acids is 1. The Hall–Kier alpha value is -1.18. The molecule has 0 atom stereocenters. The second-order valence-corrected chi connectivity index (χ2v) is 8.97. The Morgan fingerprint density at radius 1 is 1.08 bits per heavy atom. The molecule has 138 valence electrons. The molecule has 0 spiro atoms. The van der Waals surface area contributed by atoms with Gasteiger partial charge in [-0.05, 0) is 37.8 Å². The maximum Gasteiger partial charge on any atom is 0.246 e. The second kappa shape index (κ2) is 8.01. The molecule has 0 saturated carbocycles. The van der Waals surface area contributed by atoms with Crippen molar-refractivity contribution >= 4 is 27.5 Å². The van der Waals surface area contributed by atoms with Crippen LogP contribution in [0.2, 0.25) is 5.15 Å². The molecule has 1 aromatic rings. The number of pyridine rings is 1. The summed E-state index contributed by atoms with van der Waals surface area (Å²) in [5.41, 5.74) is 0. The van der Waals surface area contributed by atoms with Crippen LogP contribution in [0.25, 0.3) is 0 Å². The summed E-state index contributed by atoms with van der Waals surface area (Å²) in [4.78, 5) is 18.6. The molecule has 2 aliphatic rings. The number of piperidine rings is 1. The number of halogens is 1. The minimum Gasteiger partial charge on any atom is -0.342 e. The highest BCUT2D eigenvalue weighted by Gasteiger charge is 2.34. The summed E-state index contributed by atoms with van der Waals surface area (Å²) in [5, 5.41) is -0.00901. The van der Waals surface area contributed by atoms with E-state index in [4.69, 9.17) is 11.6 Å². The number of sulfonamides is 1. The summed E-state index contributed by atoms with van der Waals surface area (Å²) < 4.78 is 26.9. The first-order valence-electron chi connectivity index (χ1n) is 8.89. The summed E-state index contributed by atoms with van der Waals surface area (Å²) in [7, 11) is -3.66. The lowest BCUT2D eigenvalue weighted by Gasteiger charge is -2.33. The maximum absolute atomic E-state index is 12.7. The van der Waals surface area contributed by atoms with E-state index in [1.807, 2.05) is 4.90 Å². The molecule has 3 heterocycles. The van der Waals surface area contributed by atoms with Crippen LogP contribution in [-0.2, 0) is 14.8 Å². The van der Waals surface area contributed by atoms with Gasteiger partial charge in [0.2, 0.25) is 15.9 Å². The second-order valence-electron chi connectivity index (χ2n) is 6.71. The van der Waals surface area contributed by atoms with Gasteiger partial charge in [0.25, 0.3) is 0 Å². The van der Waals surface area contributed by atoms with Crippen LogP contribution in [0.4, 0.5) is 0 Å². The Morgan fingerprint density at radius 2 is 1.72 bits per heavy atom. The van der Waals surface area contributed by atoms with Gasteiger partial charge in [0.15, 0.2) is 0 Å². The summed E-state index contributed by atoms with van der Waals surface area (Å²) in [6.07, 6.45) is 7.10. The van der Waals surface area contributed by atoms with Gasteiger partial charge in [0.05, 0.1) is 0 Å². The first-order chi connectivity index (χ1) is 12.0. The van der Waals surface area contributed by atoms with Crippen molar-refractivity contribution in [2.45, 2.75) is 43.4 Å². The minimum absolute atomic E-state index is 0.00901. The van der Waals surface area contributed by atoms with E-state index in [1.165, 1.54) is 29.4 Å². The third-order valence-corrected chi connectivity index (χ3v) is 7.41. The largest absolute Gasteiger partial charge is 0.342 e. The Kier molecular flexibility index (Phi) is 5.96. The van der Waals surface area contributed by atoms with Crippen molar-refractivity contribution in [2.75, 3.05) is 26.2 Å². The molecule has 6 nitrogen and oxygen atoms in total. The van der Waals surface area contributed by atoms with Crippen LogP contribution in [0.5, 0.6) is 0 Å². The molecule has 0 radical (unpaired) electrons. The van der Waals surface area contributed by atoms with Crippen molar-refractivity contribution in [3.8, 4) is 0 Å². The fourth-order valence-electron chi connectivity index (χ4n) is 3.60. The number of amides is 1. The number of aromatic nitrogens is 1. The van der Waals surface area contributed by atoms with E-state index < -0.39 is 10.0 Å². The molecule has 2 aliphatic heterocycles. The van der Waals surface area contributed by atoms with E-state index >= 15 is 0 Å². The van der Waals surface area contributed by atoms with Gasteiger partial charge in [-0.1, -0.05) is 24.4 Å². The lowest BCUT2D eigenvalue weighted by atomic mass is 9.96. The number of nitrogens with zero attached hydrogens (tertiary/aromatic N) is 3. The lowest BCUT2D eigenvalue weighted by Crippen LogP contribution is -2.44. The summed E-state index contributed by atoms with van der Waals surface area (Å²) >= 11 is 5.95. The van der Waals surface area contributed by atoms with Crippen molar-refractivity contribution in [3.05, 3.63) is 23.5 Å². The van der Waals surface area contributed by atoms with Gasteiger partial charge in [-0.15, -0.1) is 0 Å².